The van der Waals surface area contributed by atoms with Gasteiger partial charge < -0.3 is 21.1 Å². The lowest BCUT2D eigenvalue weighted by Gasteiger charge is -2.24. The summed E-state index contributed by atoms with van der Waals surface area (Å²) in [7, 11) is 0. The van der Waals surface area contributed by atoms with Crippen LogP contribution in [0.25, 0.3) is 0 Å². The normalized spacial score (nSPS) is 13.5. The van der Waals surface area contributed by atoms with Crippen LogP contribution in [-0.2, 0) is 19.2 Å². The molecule has 4 N–H and O–H groups in total. The van der Waals surface area contributed by atoms with Gasteiger partial charge in [0, 0.05) is 0 Å². The van der Waals surface area contributed by atoms with E-state index in [0.29, 0.717) is 25.0 Å². The zero-order valence-corrected chi connectivity index (χ0v) is 18.0. The molecule has 0 saturated heterocycles. The molecule has 27 heavy (non-hydrogen) atoms. The van der Waals surface area contributed by atoms with Crippen LogP contribution in [0.4, 0.5) is 0 Å². The van der Waals surface area contributed by atoms with Crippen molar-refractivity contribution in [1.82, 2.24) is 16.0 Å². The van der Waals surface area contributed by atoms with Crippen molar-refractivity contribution in [3.63, 3.8) is 0 Å². The van der Waals surface area contributed by atoms with Gasteiger partial charge in [0.2, 0.25) is 18.2 Å². The minimum absolute atomic E-state index is 0.115. The van der Waals surface area contributed by atoms with Crippen molar-refractivity contribution in [3.05, 3.63) is 0 Å². The Morgan fingerprint density at radius 1 is 1.04 bits per heavy atom. The molecule has 0 saturated carbocycles. The van der Waals surface area contributed by atoms with Crippen LogP contribution in [0.3, 0.4) is 0 Å². The van der Waals surface area contributed by atoms with Gasteiger partial charge in [0.05, 0.1) is 6.61 Å². The first-order valence-electron chi connectivity index (χ1n) is 9.17. The second-order valence-electron chi connectivity index (χ2n) is 6.16. The van der Waals surface area contributed by atoms with E-state index in [9.17, 15) is 24.3 Å². The fourth-order valence-corrected chi connectivity index (χ4v) is 2.60. The van der Waals surface area contributed by atoms with Crippen LogP contribution in [0.2, 0.25) is 0 Å². The van der Waals surface area contributed by atoms with E-state index in [2.05, 4.69) is 16.0 Å². The van der Waals surface area contributed by atoms with Crippen molar-refractivity contribution in [1.29, 1.82) is 0 Å². The summed E-state index contributed by atoms with van der Waals surface area (Å²) in [5, 5.41) is 16.7. The number of aliphatic hydroxyl groups excluding tert-OH is 1. The van der Waals surface area contributed by atoms with E-state index in [0.717, 1.165) is 0 Å². The standard InChI is InChI=1S/C16H29N3O5S.C2H6/c1-10(2)7-13(16(24)19-14(8-20)11(3)22)18-15(23)12(17-9-21)5-6-25-4;1-2/h9-10,12-14,20H,5-8H2,1-4H3,(H,17,21)(H,18,23)(H,19,24);1-2H3. The summed E-state index contributed by atoms with van der Waals surface area (Å²) >= 11 is 1.54. The van der Waals surface area contributed by atoms with Crippen molar-refractivity contribution < 1.29 is 24.3 Å². The molecule has 158 valence electrons. The average molecular weight is 406 g/mol. The van der Waals surface area contributed by atoms with Gasteiger partial charge in [-0.3, -0.25) is 19.2 Å². The SMILES string of the molecule is CC.CSCCC(NC=O)C(=O)NC(CC(C)C)C(=O)NC(CO)C(C)=O. The molecule has 0 radical (unpaired) electrons. The summed E-state index contributed by atoms with van der Waals surface area (Å²) < 4.78 is 0. The first-order chi connectivity index (χ1) is 12.8. The highest BCUT2D eigenvalue weighted by Gasteiger charge is 2.28. The molecule has 0 heterocycles. The molecule has 0 bridgehead atoms. The van der Waals surface area contributed by atoms with Gasteiger partial charge >= 0.3 is 0 Å². The highest BCUT2D eigenvalue weighted by molar-refractivity contribution is 7.98. The summed E-state index contributed by atoms with van der Waals surface area (Å²) in [6.45, 7) is 8.56. The topological polar surface area (TPSA) is 125 Å². The van der Waals surface area contributed by atoms with Crippen LogP contribution in [0.15, 0.2) is 0 Å². The Labute approximate surface area is 166 Å². The number of aliphatic hydroxyl groups is 1. The van der Waals surface area contributed by atoms with Gasteiger partial charge in [-0.05, 0) is 37.7 Å². The molecule has 0 aromatic rings. The van der Waals surface area contributed by atoms with Gasteiger partial charge in [0.25, 0.3) is 0 Å². The fourth-order valence-electron chi connectivity index (χ4n) is 2.13. The molecule has 9 heteroatoms. The number of hydrogen-bond acceptors (Lipinski definition) is 6. The van der Waals surface area contributed by atoms with E-state index >= 15 is 0 Å². The smallest absolute Gasteiger partial charge is 0.243 e. The van der Waals surface area contributed by atoms with Gasteiger partial charge in [-0.1, -0.05) is 27.7 Å². The largest absolute Gasteiger partial charge is 0.394 e. The third kappa shape index (κ3) is 12.4. The average Bonchev–Trinajstić information content (AvgIpc) is 2.63. The van der Waals surface area contributed by atoms with Crippen LogP contribution in [-0.4, -0.2) is 65.9 Å². The van der Waals surface area contributed by atoms with E-state index in [1.807, 2.05) is 34.0 Å². The third-order valence-corrected chi connectivity index (χ3v) is 4.17. The van der Waals surface area contributed by atoms with Gasteiger partial charge in [0.1, 0.15) is 18.1 Å². The quantitative estimate of drug-likeness (QED) is 0.330. The highest BCUT2D eigenvalue weighted by Crippen LogP contribution is 2.07. The Balaban J connectivity index is 0. The second-order valence-corrected chi connectivity index (χ2v) is 7.15. The van der Waals surface area contributed by atoms with Crippen molar-refractivity contribution in [2.45, 2.75) is 65.6 Å². The maximum Gasteiger partial charge on any atom is 0.243 e. The molecular weight excluding hydrogens is 370 g/mol. The van der Waals surface area contributed by atoms with Crippen molar-refractivity contribution in [2.24, 2.45) is 5.92 Å². The number of carbonyl (C=O) groups excluding carboxylic acids is 4. The van der Waals surface area contributed by atoms with Gasteiger partial charge in [-0.15, -0.1) is 0 Å². The highest BCUT2D eigenvalue weighted by atomic mass is 32.2. The molecule has 0 fully saturated rings. The predicted molar refractivity (Wildman–Crippen MR) is 108 cm³/mol. The number of Topliss-reactive ketones (excluding diaryl/α,β-unsaturated/α-hetero) is 1. The van der Waals surface area contributed by atoms with E-state index in [-0.39, 0.29) is 11.7 Å². The Morgan fingerprint density at radius 2 is 1.56 bits per heavy atom. The Hall–Kier alpha value is -1.61. The van der Waals surface area contributed by atoms with Crippen molar-refractivity contribution in [2.75, 3.05) is 18.6 Å². The molecule has 0 aliphatic heterocycles. The number of amides is 3. The molecule has 3 amide bonds. The molecule has 0 aliphatic carbocycles. The van der Waals surface area contributed by atoms with Crippen molar-refractivity contribution >= 4 is 35.8 Å². The molecule has 0 aromatic heterocycles. The summed E-state index contributed by atoms with van der Waals surface area (Å²) in [4.78, 5) is 46.9. The minimum Gasteiger partial charge on any atom is -0.394 e. The summed E-state index contributed by atoms with van der Waals surface area (Å²) in [6.07, 6.45) is 3.15. The molecular formula is C18H35N3O5S. The lowest BCUT2D eigenvalue weighted by atomic mass is 10.0. The van der Waals surface area contributed by atoms with Gasteiger partial charge in [-0.2, -0.15) is 11.8 Å². The molecule has 8 nitrogen and oxygen atoms in total. The molecule has 0 aromatic carbocycles. The summed E-state index contributed by atoms with van der Waals surface area (Å²) in [5.41, 5.74) is 0. The Bertz CT molecular complexity index is 460. The minimum atomic E-state index is -1.00. The van der Waals surface area contributed by atoms with E-state index in [1.165, 1.54) is 6.92 Å². The van der Waals surface area contributed by atoms with Crippen molar-refractivity contribution in [3.8, 4) is 0 Å². The monoisotopic (exact) mass is 405 g/mol. The summed E-state index contributed by atoms with van der Waals surface area (Å²) in [6, 6.07) is -2.58. The fraction of sp³-hybridized carbons (Fsp3) is 0.778. The van der Waals surface area contributed by atoms with Gasteiger partial charge in [-0.25, -0.2) is 0 Å². The van der Waals surface area contributed by atoms with Crippen LogP contribution in [0, 0.1) is 5.92 Å². The number of nitrogens with one attached hydrogen (secondary N) is 3. The van der Waals surface area contributed by atoms with Crippen LogP contribution in [0.5, 0.6) is 0 Å². The lowest BCUT2D eigenvalue weighted by Crippen LogP contribution is -2.55. The molecule has 0 rings (SSSR count). The first-order valence-corrected chi connectivity index (χ1v) is 10.6. The van der Waals surface area contributed by atoms with E-state index in [1.54, 1.807) is 11.8 Å². The maximum absolute atomic E-state index is 12.4. The number of rotatable bonds is 13. The van der Waals surface area contributed by atoms with Crippen LogP contribution < -0.4 is 16.0 Å². The zero-order chi connectivity index (χ0) is 21.4. The maximum atomic E-state index is 12.4. The lowest BCUT2D eigenvalue weighted by molar-refractivity contribution is -0.133. The number of hydrogen-bond donors (Lipinski definition) is 4. The molecule has 0 aliphatic rings. The number of carbonyl (C=O) groups is 4. The second kappa shape index (κ2) is 16.6. The first kappa shape index (κ1) is 27.6. The van der Waals surface area contributed by atoms with Gasteiger partial charge in [0.15, 0.2) is 5.78 Å². The molecule has 3 unspecified atom stereocenters. The van der Waals surface area contributed by atoms with E-state index < -0.39 is 36.5 Å². The molecule has 0 spiro atoms. The third-order valence-electron chi connectivity index (χ3n) is 3.53. The molecule has 3 atom stereocenters. The predicted octanol–water partition coefficient (Wildman–Crippen LogP) is 0.477. The van der Waals surface area contributed by atoms with Crippen LogP contribution >= 0.6 is 11.8 Å². The Kier molecular flexibility index (Phi) is 16.9. The number of ketones is 1. The Morgan fingerprint density at radius 3 is 1.96 bits per heavy atom. The van der Waals surface area contributed by atoms with Crippen LogP contribution in [0.1, 0.15) is 47.5 Å². The zero-order valence-electron chi connectivity index (χ0n) is 17.2. The van der Waals surface area contributed by atoms with E-state index in [4.69, 9.17) is 0 Å². The summed E-state index contributed by atoms with van der Waals surface area (Å²) in [5.74, 6) is -0.566. The number of thioether (sulfide) groups is 1.